The summed E-state index contributed by atoms with van der Waals surface area (Å²) in [5.74, 6) is 2.61. The van der Waals surface area contributed by atoms with Gasteiger partial charge in [0.05, 0.1) is 19.6 Å². The molecule has 1 saturated heterocycles. The number of methoxy groups -OCH3 is 1. The van der Waals surface area contributed by atoms with Crippen molar-refractivity contribution >= 4 is 47.2 Å². The maximum atomic E-state index is 12.2. The number of nitrogens with one attached hydrogen (secondary N) is 2. The number of ether oxygens (including phenoxy) is 1. The minimum Gasteiger partial charge on any atom is -0.384 e. The molecule has 0 aliphatic carbocycles. The van der Waals surface area contributed by atoms with E-state index < -0.39 is 0 Å². The summed E-state index contributed by atoms with van der Waals surface area (Å²) in [6.07, 6.45) is 2.23. The summed E-state index contributed by atoms with van der Waals surface area (Å²) in [6, 6.07) is 4.42. The second-order valence-corrected chi connectivity index (χ2v) is 8.39. The van der Waals surface area contributed by atoms with Crippen LogP contribution in [0.5, 0.6) is 0 Å². The highest BCUT2D eigenvalue weighted by molar-refractivity contribution is 14.0. The van der Waals surface area contributed by atoms with Crippen molar-refractivity contribution < 1.29 is 9.53 Å². The maximum Gasteiger partial charge on any atom is 0.224 e. The molecule has 0 radical (unpaired) electrons. The van der Waals surface area contributed by atoms with Crippen molar-refractivity contribution in [2.75, 3.05) is 26.8 Å². The Balaban J connectivity index is 0.00000341. The second kappa shape index (κ2) is 13.0. The van der Waals surface area contributed by atoms with Crippen LogP contribution in [0.3, 0.4) is 0 Å². The molecule has 11 heteroatoms. The van der Waals surface area contributed by atoms with Crippen molar-refractivity contribution in [3.63, 3.8) is 0 Å². The topological polar surface area (TPSA) is 96.7 Å². The molecule has 3 heterocycles. The van der Waals surface area contributed by atoms with E-state index in [-0.39, 0.29) is 35.9 Å². The summed E-state index contributed by atoms with van der Waals surface area (Å²) in [6.45, 7) is 5.07. The molecule has 2 aromatic rings. The van der Waals surface area contributed by atoms with E-state index in [0.717, 1.165) is 50.1 Å². The molecule has 0 saturated carbocycles. The van der Waals surface area contributed by atoms with Crippen LogP contribution in [-0.4, -0.2) is 64.4 Å². The number of hydrogen-bond donors (Lipinski definition) is 2. The highest BCUT2D eigenvalue weighted by Crippen LogP contribution is 2.12. The number of halogens is 1. The first-order valence-electron chi connectivity index (χ1n) is 10.3. The third kappa shape index (κ3) is 7.72. The minimum atomic E-state index is 0. The Morgan fingerprint density at radius 3 is 2.74 bits per heavy atom. The monoisotopic (exact) mass is 561 g/mol. The highest BCUT2D eigenvalue weighted by atomic mass is 127. The predicted octanol–water partition coefficient (Wildman–Crippen LogP) is 2.07. The molecule has 1 aliphatic rings. The second-order valence-electron chi connectivity index (χ2n) is 7.36. The number of carbonyl (C=O) groups excluding carboxylic acids is 1. The molecule has 9 nitrogen and oxygen atoms in total. The largest absolute Gasteiger partial charge is 0.384 e. The molecular formula is C20H32IN7O2S. The number of carbonyl (C=O) groups is 1. The van der Waals surface area contributed by atoms with Gasteiger partial charge in [0, 0.05) is 38.2 Å². The van der Waals surface area contributed by atoms with Gasteiger partial charge in [-0.2, -0.15) is 0 Å². The first-order chi connectivity index (χ1) is 14.6. The van der Waals surface area contributed by atoms with E-state index in [0.29, 0.717) is 19.6 Å². The molecular weight excluding hydrogens is 529 g/mol. The van der Waals surface area contributed by atoms with E-state index >= 15 is 0 Å². The van der Waals surface area contributed by atoms with Crippen LogP contribution in [-0.2, 0) is 29.7 Å². The Bertz CT molecular complexity index is 833. The molecule has 1 aliphatic heterocycles. The van der Waals surface area contributed by atoms with Crippen molar-refractivity contribution in [2.24, 2.45) is 12.0 Å². The number of aryl methyl sites for hydroxylation is 1. The van der Waals surface area contributed by atoms with Crippen LogP contribution in [0.4, 0.5) is 0 Å². The van der Waals surface area contributed by atoms with Gasteiger partial charge in [-0.05, 0) is 31.2 Å². The zero-order valence-electron chi connectivity index (χ0n) is 18.3. The molecule has 1 amide bonds. The number of hydrogen-bond acceptors (Lipinski definition) is 6. The zero-order chi connectivity index (χ0) is 21.3. The number of piperidine rings is 1. The van der Waals surface area contributed by atoms with Gasteiger partial charge in [-0.15, -0.1) is 45.5 Å². The van der Waals surface area contributed by atoms with Gasteiger partial charge in [0.25, 0.3) is 0 Å². The van der Waals surface area contributed by atoms with Crippen LogP contribution in [0.2, 0.25) is 0 Å². The summed E-state index contributed by atoms with van der Waals surface area (Å²) >= 11 is 1.72. The fourth-order valence-corrected chi connectivity index (χ4v) is 3.93. The van der Waals surface area contributed by atoms with Gasteiger partial charge < -0.3 is 24.8 Å². The molecule has 0 spiro atoms. The Morgan fingerprint density at radius 1 is 1.35 bits per heavy atom. The lowest BCUT2D eigenvalue weighted by molar-refractivity contribution is -0.133. The molecule has 0 aromatic carbocycles. The number of amides is 1. The summed E-state index contributed by atoms with van der Waals surface area (Å²) < 4.78 is 6.96. The van der Waals surface area contributed by atoms with Crippen molar-refractivity contribution in [3.05, 3.63) is 34.0 Å². The zero-order valence-corrected chi connectivity index (χ0v) is 21.5. The molecule has 1 fully saturated rings. The fraction of sp³-hybridized carbons (Fsp3) is 0.600. The smallest absolute Gasteiger partial charge is 0.224 e. The normalized spacial score (nSPS) is 14.9. The van der Waals surface area contributed by atoms with Gasteiger partial charge in [-0.25, -0.2) is 4.99 Å². The van der Waals surface area contributed by atoms with Crippen molar-refractivity contribution in [3.8, 4) is 0 Å². The van der Waals surface area contributed by atoms with Crippen molar-refractivity contribution in [1.82, 2.24) is 30.3 Å². The quantitative estimate of drug-likeness (QED) is 0.291. The van der Waals surface area contributed by atoms with Crippen molar-refractivity contribution in [2.45, 2.75) is 45.3 Å². The third-order valence-electron chi connectivity index (χ3n) is 5.28. The highest BCUT2D eigenvalue weighted by Gasteiger charge is 2.23. The molecule has 0 atom stereocenters. The Kier molecular flexibility index (Phi) is 10.7. The molecule has 31 heavy (non-hydrogen) atoms. The van der Waals surface area contributed by atoms with Gasteiger partial charge in [0.15, 0.2) is 11.8 Å². The van der Waals surface area contributed by atoms with Crippen LogP contribution in [0.1, 0.15) is 35.8 Å². The maximum absolute atomic E-state index is 12.2. The molecule has 2 N–H and O–H groups in total. The minimum absolute atomic E-state index is 0. The molecule has 3 rings (SSSR count). The Morgan fingerprint density at radius 2 is 2.13 bits per heavy atom. The first-order valence-corrected chi connectivity index (χ1v) is 11.1. The fourth-order valence-electron chi connectivity index (χ4n) is 3.29. The van der Waals surface area contributed by atoms with Crippen LogP contribution in [0, 0.1) is 6.92 Å². The van der Waals surface area contributed by atoms with E-state index in [1.807, 2.05) is 29.5 Å². The van der Waals surface area contributed by atoms with Gasteiger partial charge in [-0.1, -0.05) is 6.07 Å². The average molecular weight is 561 g/mol. The number of thiophene rings is 1. The van der Waals surface area contributed by atoms with E-state index in [1.54, 1.807) is 18.4 Å². The number of nitrogens with zero attached hydrogens (tertiary/aromatic N) is 5. The first kappa shape index (κ1) is 25.5. The Hall–Kier alpha value is -1.73. The van der Waals surface area contributed by atoms with Crippen LogP contribution < -0.4 is 10.6 Å². The summed E-state index contributed by atoms with van der Waals surface area (Å²) in [4.78, 5) is 20.1. The number of aliphatic imine (C=N–C) groups is 1. The number of guanidine groups is 1. The van der Waals surface area contributed by atoms with Crippen molar-refractivity contribution in [1.29, 1.82) is 0 Å². The van der Waals surface area contributed by atoms with E-state index in [1.165, 1.54) is 4.88 Å². The number of likely N-dealkylation sites (tertiary alicyclic amines) is 1. The van der Waals surface area contributed by atoms with E-state index in [9.17, 15) is 4.79 Å². The SMILES string of the molecule is COCCC(=O)N1CCC(NC(=NCc2nnc(C)n2C)NCc2cccs2)CC1.I. The summed E-state index contributed by atoms with van der Waals surface area (Å²) in [5.41, 5.74) is 0. The average Bonchev–Trinajstić information content (AvgIpc) is 3.39. The molecule has 0 unspecified atom stereocenters. The van der Waals surface area contributed by atoms with E-state index in [4.69, 9.17) is 9.73 Å². The third-order valence-corrected chi connectivity index (χ3v) is 6.16. The lowest BCUT2D eigenvalue weighted by Crippen LogP contribution is -2.49. The van der Waals surface area contributed by atoms with E-state index in [2.05, 4.69) is 32.3 Å². The lowest BCUT2D eigenvalue weighted by atomic mass is 10.0. The van der Waals surface area contributed by atoms with Gasteiger partial charge in [-0.3, -0.25) is 4.79 Å². The van der Waals surface area contributed by atoms with Gasteiger partial charge in [0.2, 0.25) is 5.91 Å². The summed E-state index contributed by atoms with van der Waals surface area (Å²) in [5, 5.41) is 17.3. The number of aromatic nitrogens is 3. The molecule has 172 valence electrons. The Labute approximate surface area is 204 Å². The van der Waals surface area contributed by atoms with Crippen LogP contribution >= 0.6 is 35.3 Å². The van der Waals surface area contributed by atoms with Gasteiger partial charge >= 0.3 is 0 Å². The van der Waals surface area contributed by atoms with Crippen LogP contribution in [0.15, 0.2) is 22.5 Å². The predicted molar refractivity (Wildman–Crippen MR) is 133 cm³/mol. The molecule has 2 aromatic heterocycles. The molecule has 0 bridgehead atoms. The standard InChI is InChI=1S/C20H31N7O2S.HI/c1-15-24-25-18(26(15)2)14-22-20(21-13-17-5-4-12-30-17)23-16-6-9-27(10-7-16)19(28)8-11-29-3;/h4-5,12,16H,6-11,13-14H2,1-3H3,(H2,21,22,23);1H. The lowest BCUT2D eigenvalue weighted by Gasteiger charge is -2.33. The van der Waals surface area contributed by atoms with Crippen LogP contribution in [0.25, 0.3) is 0 Å². The number of rotatable bonds is 8. The van der Waals surface area contributed by atoms with Gasteiger partial charge in [0.1, 0.15) is 12.4 Å². The summed E-state index contributed by atoms with van der Waals surface area (Å²) in [7, 11) is 3.57.